The fourth-order valence-electron chi connectivity index (χ4n) is 1.28. The quantitative estimate of drug-likeness (QED) is 0.682. The number of nitrogens with one attached hydrogen (secondary N) is 1. The van der Waals surface area contributed by atoms with Gasteiger partial charge in [-0.15, -0.1) is 0 Å². The van der Waals surface area contributed by atoms with Crippen LogP contribution < -0.4 is 5.32 Å². The first-order valence-corrected chi connectivity index (χ1v) is 5.63. The van der Waals surface area contributed by atoms with Crippen LogP contribution in [0.3, 0.4) is 0 Å². The minimum Gasteiger partial charge on any atom is -0.307 e. The van der Waals surface area contributed by atoms with Crippen LogP contribution in [-0.4, -0.2) is 38.9 Å². The molecule has 0 aromatic carbocycles. The lowest BCUT2D eigenvalue weighted by molar-refractivity contribution is 0.0217. The Bertz CT molecular complexity index is 263. The second kappa shape index (κ2) is 2.92. The molecule has 1 heterocycles. The second-order valence-electron chi connectivity index (χ2n) is 3.23. The summed E-state index contributed by atoms with van der Waals surface area (Å²) in [5.41, 5.74) is 0. The first kappa shape index (κ1) is 9.85. The topological polar surface area (TPSA) is 46.2 Å². The summed E-state index contributed by atoms with van der Waals surface area (Å²) >= 11 is 0. The van der Waals surface area contributed by atoms with Gasteiger partial charge < -0.3 is 5.32 Å². The molecule has 6 heteroatoms. The van der Waals surface area contributed by atoms with E-state index in [0.717, 1.165) is 6.26 Å². The molecule has 1 atom stereocenters. The molecule has 0 aromatic heterocycles. The van der Waals surface area contributed by atoms with Gasteiger partial charge in [0.15, 0.2) is 0 Å². The molecule has 1 N–H and O–H groups in total. The molecule has 3 nitrogen and oxygen atoms in total. The molecule has 1 saturated heterocycles. The Morgan fingerprint density at radius 3 is 2.50 bits per heavy atom. The minimum absolute atomic E-state index is 0.206. The van der Waals surface area contributed by atoms with Crippen molar-refractivity contribution in [2.75, 3.05) is 18.6 Å². The molecule has 0 aliphatic carbocycles. The molecule has 72 valence electrons. The van der Waals surface area contributed by atoms with Gasteiger partial charge in [-0.1, -0.05) is 0 Å². The van der Waals surface area contributed by atoms with Crippen LogP contribution in [0.4, 0.5) is 8.78 Å². The first-order valence-electron chi connectivity index (χ1n) is 3.57. The number of rotatable bonds is 2. The third kappa shape index (κ3) is 3.02. The SMILES string of the molecule is CS(=O)(=O)CC1CC(F)(F)CN1. The molecule has 0 radical (unpaired) electrons. The van der Waals surface area contributed by atoms with Crippen LogP contribution in [0.1, 0.15) is 6.42 Å². The van der Waals surface area contributed by atoms with Crippen molar-refractivity contribution in [3.05, 3.63) is 0 Å². The highest BCUT2D eigenvalue weighted by molar-refractivity contribution is 7.90. The van der Waals surface area contributed by atoms with Crippen LogP contribution >= 0.6 is 0 Å². The number of hydrogen-bond acceptors (Lipinski definition) is 3. The van der Waals surface area contributed by atoms with Gasteiger partial charge in [0.1, 0.15) is 9.84 Å². The summed E-state index contributed by atoms with van der Waals surface area (Å²) in [5.74, 6) is -2.95. The Kier molecular flexibility index (Phi) is 2.40. The number of hydrogen-bond donors (Lipinski definition) is 1. The second-order valence-corrected chi connectivity index (χ2v) is 5.42. The molecule has 0 amide bonds. The van der Waals surface area contributed by atoms with E-state index in [9.17, 15) is 17.2 Å². The number of alkyl halides is 2. The van der Waals surface area contributed by atoms with E-state index in [1.54, 1.807) is 0 Å². The normalized spacial score (nSPS) is 29.1. The highest BCUT2D eigenvalue weighted by Crippen LogP contribution is 2.25. The van der Waals surface area contributed by atoms with Crippen molar-refractivity contribution in [1.82, 2.24) is 5.32 Å². The first-order chi connectivity index (χ1) is 5.29. The Hall–Kier alpha value is -0.230. The summed E-state index contributed by atoms with van der Waals surface area (Å²) < 4.78 is 46.5. The van der Waals surface area contributed by atoms with E-state index >= 15 is 0 Å². The van der Waals surface area contributed by atoms with Gasteiger partial charge in [0, 0.05) is 18.7 Å². The summed E-state index contributed by atoms with van der Waals surface area (Å²) in [4.78, 5) is 0. The summed E-state index contributed by atoms with van der Waals surface area (Å²) in [6.07, 6.45) is 0.672. The Labute approximate surface area is 70.1 Å². The average Bonchev–Trinajstić information content (AvgIpc) is 2.05. The summed E-state index contributed by atoms with van der Waals surface area (Å²) in [7, 11) is -3.15. The van der Waals surface area contributed by atoms with Crippen molar-refractivity contribution in [1.29, 1.82) is 0 Å². The predicted octanol–water partition coefficient (Wildman–Crippen LogP) is 0.0282. The lowest BCUT2D eigenvalue weighted by atomic mass is 10.2. The fourth-order valence-corrected chi connectivity index (χ4v) is 2.25. The van der Waals surface area contributed by atoms with E-state index < -0.39 is 28.3 Å². The van der Waals surface area contributed by atoms with Gasteiger partial charge >= 0.3 is 0 Å². The zero-order valence-corrected chi connectivity index (χ0v) is 7.50. The lowest BCUT2D eigenvalue weighted by Crippen LogP contribution is -2.29. The van der Waals surface area contributed by atoms with E-state index in [1.165, 1.54) is 0 Å². The van der Waals surface area contributed by atoms with Crippen LogP contribution in [0.25, 0.3) is 0 Å². The zero-order chi connectivity index (χ0) is 9.41. The average molecular weight is 199 g/mol. The van der Waals surface area contributed by atoms with Gasteiger partial charge in [-0.3, -0.25) is 0 Å². The molecule has 0 aromatic rings. The monoisotopic (exact) mass is 199 g/mol. The molecular weight excluding hydrogens is 188 g/mol. The van der Waals surface area contributed by atoms with Crippen LogP contribution in [0.15, 0.2) is 0 Å². The molecule has 12 heavy (non-hydrogen) atoms. The molecular formula is C6H11F2NO2S. The van der Waals surface area contributed by atoms with Crippen molar-refractivity contribution in [2.45, 2.75) is 18.4 Å². The maximum absolute atomic E-state index is 12.5. The molecule has 1 aliphatic heterocycles. The van der Waals surface area contributed by atoms with Gasteiger partial charge in [-0.2, -0.15) is 0 Å². The highest BCUT2D eigenvalue weighted by atomic mass is 32.2. The third-order valence-corrected chi connectivity index (χ3v) is 2.71. The predicted molar refractivity (Wildman–Crippen MR) is 41.1 cm³/mol. The van der Waals surface area contributed by atoms with Crippen LogP contribution in [0.2, 0.25) is 0 Å². The van der Waals surface area contributed by atoms with E-state index in [-0.39, 0.29) is 12.2 Å². The number of sulfone groups is 1. The third-order valence-electron chi connectivity index (χ3n) is 1.70. The van der Waals surface area contributed by atoms with E-state index in [2.05, 4.69) is 5.32 Å². The van der Waals surface area contributed by atoms with Gasteiger partial charge in [0.05, 0.1) is 12.3 Å². The Morgan fingerprint density at radius 1 is 1.58 bits per heavy atom. The molecule has 0 bridgehead atoms. The van der Waals surface area contributed by atoms with Gasteiger partial charge in [-0.25, -0.2) is 17.2 Å². The Balaban J connectivity index is 2.49. The van der Waals surface area contributed by atoms with Gasteiger partial charge in [0.2, 0.25) is 0 Å². The highest BCUT2D eigenvalue weighted by Gasteiger charge is 2.40. The van der Waals surface area contributed by atoms with Crippen LogP contribution in [0.5, 0.6) is 0 Å². The van der Waals surface area contributed by atoms with E-state index in [0.29, 0.717) is 0 Å². The largest absolute Gasteiger partial charge is 0.307 e. The molecule has 1 aliphatic rings. The van der Waals surface area contributed by atoms with E-state index in [4.69, 9.17) is 0 Å². The van der Waals surface area contributed by atoms with Crippen molar-refractivity contribution in [3.8, 4) is 0 Å². The van der Waals surface area contributed by atoms with Crippen molar-refractivity contribution in [3.63, 3.8) is 0 Å². The number of halogens is 2. The Morgan fingerprint density at radius 2 is 2.17 bits per heavy atom. The standard InChI is InChI=1S/C6H11F2NO2S/c1-12(10,11)3-5-2-6(7,8)4-9-5/h5,9H,2-4H2,1H3. The minimum atomic E-state index is -3.15. The van der Waals surface area contributed by atoms with Gasteiger partial charge in [-0.05, 0) is 0 Å². The maximum Gasteiger partial charge on any atom is 0.261 e. The summed E-state index contributed by atoms with van der Waals surface area (Å²) in [5, 5.41) is 2.47. The lowest BCUT2D eigenvalue weighted by Gasteiger charge is -2.07. The van der Waals surface area contributed by atoms with Crippen molar-refractivity contribution < 1.29 is 17.2 Å². The molecule has 1 rings (SSSR count). The summed E-state index contributed by atoms with van der Waals surface area (Å²) in [6.45, 7) is -0.410. The van der Waals surface area contributed by atoms with Crippen molar-refractivity contribution >= 4 is 9.84 Å². The maximum atomic E-state index is 12.5. The molecule has 0 spiro atoms. The zero-order valence-electron chi connectivity index (χ0n) is 6.68. The van der Waals surface area contributed by atoms with E-state index in [1.807, 2.05) is 0 Å². The van der Waals surface area contributed by atoms with Gasteiger partial charge in [0.25, 0.3) is 5.92 Å². The summed E-state index contributed by atoms with van der Waals surface area (Å²) in [6, 6.07) is -0.588. The molecule has 1 fully saturated rings. The smallest absolute Gasteiger partial charge is 0.261 e. The van der Waals surface area contributed by atoms with Crippen LogP contribution in [0, 0.1) is 0 Å². The fraction of sp³-hybridized carbons (Fsp3) is 1.00. The van der Waals surface area contributed by atoms with Crippen molar-refractivity contribution in [2.24, 2.45) is 0 Å². The molecule has 1 unspecified atom stereocenters. The van der Waals surface area contributed by atoms with Crippen LogP contribution in [-0.2, 0) is 9.84 Å². The molecule has 0 saturated carbocycles.